The molecular weight excluding hydrogens is 999 g/mol. The molecule has 6 N–H and O–H groups in total. The van der Waals surface area contributed by atoms with Gasteiger partial charge in [0.2, 0.25) is 35.4 Å². The van der Waals surface area contributed by atoms with E-state index in [1.165, 1.54) is 10.5 Å². The van der Waals surface area contributed by atoms with Crippen molar-refractivity contribution in [1.29, 1.82) is 0 Å². The lowest BCUT2D eigenvalue weighted by Crippen LogP contribution is -2.62. The number of methoxy groups -OCH3 is 1. The van der Waals surface area contributed by atoms with E-state index in [-0.39, 0.29) is 74.7 Å². The Bertz CT molecular complexity index is 2810. The third-order valence-corrected chi connectivity index (χ3v) is 15.9. The van der Waals surface area contributed by atoms with Gasteiger partial charge in [-0.1, -0.05) is 133 Å². The Morgan fingerprint density at radius 3 is 1.81 bits per heavy atom. The number of ether oxygens (including phenoxy) is 1. The molecule has 7 amide bonds. The highest BCUT2D eigenvalue weighted by Crippen LogP contribution is 2.34. The summed E-state index contributed by atoms with van der Waals surface area (Å²) in [5.74, 6) is -2.52. The van der Waals surface area contributed by atoms with Gasteiger partial charge in [0.15, 0.2) is 0 Å². The summed E-state index contributed by atoms with van der Waals surface area (Å²) < 4.78 is 5.82. The zero-order valence-corrected chi connectivity index (χ0v) is 48.0. The number of hydrogen-bond donors (Lipinski definition) is 6. The molecule has 4 aromatic rings. The van der Waals surface area contributed by atoms with Crippen molar-refractivity contribution in [3.05, 3.63) is 142 Å². The molecule has 1 aliphatic carbocycles. The van der Waals surface area contributed by atoms with Crippen LogP contribution in [0, 0.1) is 10.8 Å². The van der Waals surface area contributed by atoms with Crippen LogP contribution in [-0.4, -0.2) is 133 Å². The number of aryl methyl sites for hydroxylation is 1. The Labute approximate surface area is 466 Å². The zero-order chi connectivity index (χ0) is 57.3. The highest BCUT2D eigenvalue weighted by Gasteiger charge is 2.47. The summed E-state index contributed by atoms with van der Waals surface area (Å²) in [7, 11) is 4.93. The Balaban J connectivity index is 1.16. The number of nitrogens with zero attached hydrogens (tertiary/aromatic N) is 3. The minimum atomic E-state index is -0.974. The normalized spacial score (nSPS) is 20.0. The third-order valence-electron chi connectivity index (χ3n) is 15.9. The molecule has 17 nitrogen and oxygen atoms in total. The second-order valence-corrected chi connectivity index (χ2v) is 23.7. The molecule has 7 rings (SSSR count). The average Bonchev–Trinajstić information content (AvgIpc) is 3.93. The smallest absolute Gasteiger partial charge is 0.251 e. The molecule has 1 fully saturated rings. The number of fused-ring (bicyclic) bond motifs is 2. The maximum Gasteiger partial charge on any atom is 0.251 e. The maximum absolute atomic E-state index is 15.7. The van der Waals surface area contributed by atoms with Crippen LogP contribution in [-0.2, 0) is 59.4 Å². The summed E-state index contributed by atoms with van der Waals surface area (Å²) in [6.45, 7) is 15.1. The maximum atomic E-state index is 15.7. The van der Waals surface area contributed by atoms with Crippen molar-refractivity contribution in [1.82, 2.24) is 46.6 Å². The van der Waals surface area contributed by atoms with Gasteiger partial charge in [0.25, 0.3) is 5.91 Å². The number of carbonyl (C=O) groups is 7. The van der Waals surface area contributed by atoms with Crippen molar-refractivity contribution in [2.24, 2.45) is 10.8 Å². The number of likely N-dealkylation sites (tertiary alicyclic amines) is 1. The lowest BCUT2D eigenvalue weighted by Gasteiger charge is -2.43. The molecule has 2 heterocycles. The molecule has 4 aromatic carbocycles. The highest BCUT2D eigenvalue weighted by atomic mass is 16.5. The summed E-state index contributed by atoms with van der Waals surface area (Å²) in [4.78, 5) is 106. The van der Waals surface area contributed by atoms with Gasteiger partial charge in [0.1, 0.15) is 24.2 Å². The number of nitrogens with one attached hydrogen (secondary N) is 6. The zero-order valence-electron chi connectivity index (χ0n) is 48.0. The van der Waals surface area contributed by atoms with Crippen LogP contribution in [0.5, 0.6) is 0 Å². The lowest BCUT2D eigenvalue weighted by molar-refractivity contribution is -0.153. The Kier molecular flexibility index (Phi) is 19.6. The molecule has 0 bridgehead atoms. The number of amides is 7. The van der Waals surface area contributed by atoms with E-state index in [2.05, 4.69) is 38.0 Å². The SMILES string of the molecule is CNC(C)C(=O)NC(C(=O)N1Cc2ccccc2CC1C(=O)N(Cc1ccc(C(=O)N[C@H]2C[C@@H](C(=O)N[C@@H]3CCCc4ccccc43)N(C(=O)C(NC(=O)C(C)NC)C(C)(C)C)C2)cc1)[C@@H](COC)c1ccccc1)C(C)(C)C. The van der Waals surface area contributed by atoms with Crippen LogP contribution < -0.4 is 31.9 Å². The number of hydrogen-bond acceptors (Lipinski definition) is 10. The number of likely N-dealkylation sites (N-methyl/N-ethyl adjacent to an activating group) is 2. The van der Waals surface area contributed by atoms with E-state index < -0.39 is 71.0 Å². The van der Waals surface area contributed by atoms with E-state index >= 15 is 9.59 Å². The number of carbonyl (C=O) groups excluding carboxylic acids is 7. The fraction of sp³-hybridized carbons (Fsp3) is 0.500. The largest absolute Gasteiger partial charge is 0.382 e. The quantitative estimate of drug-likeness (QED) is 0.0692. The van der Waals surface area contributed by atoms with Crippen molar-refractivity contribution in [2.45, 2.75) is 155 Å². The van der Waals surface area contributed by atoms with E-state index in [9.17, 15) is 24.0 Å². The summed E-state index contributed by atoms with van der Waals surface area (Å²) in [6, 6.07) is 26.0. The molecule has 0 radical (unpaired) electrons. The Morgan fingerprint density at radius 1 is 0.671 bits per heavy atom. The van der Waals surface area contributed by atoms with E-state index in [1.54, 1.807) is 69.1 Å². The molecule has 0 spiro atoms. The van der Waals surface area contributed by atoms with Crippen LogP contribution in [0.1, 0.15) is 130 Å². The minimum absolute atomic E-state index is 0.0343. The highest BCUT2D eigenvalue weighted by molar-refractivity contribution is 5.97. The molecule has 17 heteroatoms. The third kappa shape index (κ3) is 14.3. The Morgan fingerprint density at radius 2 is 1.23 bits per heavy atom. The van der Waals surface area contributed by atoms with E-state index in [4.69, 9.17) is 4.74 Å². The molecule has 2 aliphatic heterocycles. The predicted molar refractivity (Wildman–Crippen MR) is 304 cm³/mol. The molecule has 79 heavy (non-hydrogen) atoms. The van der Waals surface area contributed by atoms with Crippen molar-refractivity contribution in [3.8, 4) is 0 Å². The van der Waals surface area contributed by atoms with E-state index in [1.807, 2.05) is 114 Å². The lowest BCUT2D eigenvalue weighted by atomic mass is 9.84. The van der Waals surface area contributed by atoms with Crippen LogP contribution in [0.3, 0.4) is 0 Å². The van der Waals surface area contributed by atoms with Crippen molar-refractivity contribution in [3.63, 3.8) is 0 Å². The molecule has 1 saturated heterocycles. The topological polar surface area (TPSA) is 211 Å². The fourth-order valence-electron chi connectivity index (χ4n) is 11.0. The monoisotopic (exact) mass is 1080 g/mol. The average molecular weight is 1080 g/mol. The van der Waals surface area contributed by atoms with Gasteiger partial charge in [-0.2, -0.15) is 0 Å². The second kappa shape index (κ2) is 25.9. The summed E-state index contributed by atoms with van der Waals surface area (Å²) in [5, 5.41) is 18.2. The minimum Gasteiger partial charge on any atom is -0.382 e. The molecular formula is C62H83N9O8. The first-order valence-electron chi connectivity index (χ1n) is 27.8. The molecule has 5 unspecified atom stereocenters. The molecule has 3 aliphatic rings. The predicted octanol–water partition coefficient (Wildman–Crippen LogP) is 5.53. The molecule has 0 saturated carbocycles. The molecule has 424 valence electrons. The fourth-order valence-corrected chi connectivity index (χ4v) is 11.0. The van der Waals surface area contributed by atoms with Gasteiger partial charge in [-0.05, 0) is 110 Å². The first kappa shape index (κ1) is 59.7. The number of benzene rings is 4. The summed E-state index contributed by atoms with van der Waals surface area (Å²) >= 11 is 0. The molecule has 0 aromatic heterocycles. The van der Waals surface area contributed by atoms with Crippen LogP contribution in [0.2, 0.25) is 0 Å². The first-order chi connectivity index (χ1) is 37.5. The summed E-state index contributed by atoms with van der Waals surface area (Å²) in [5.41, 5.74) is 4.51. The van der Waals surface area contributed by atoms with Crippen molar-refractivity contribution >= 4 is 41.4 Å². The van der Waals surface area contributed by atoms with Crippen molar-refractivity contribution < 1.29 is 38.3 Å². The molecule has 9 atom stereocenters. The van der Waals surface area contributed by atoms with Gasteiger partial charge in [-0.3, -0.25) is 33.6 Å². The van der Waals surface area contributed by atoms with Crippen LogP contribution >= 0.6 is 0 Å². The first-order valence-corrected chi connectivity index (χ1v) is 27.8. The van der Waals surface area contributed by atoms with Crippen LogP contribution in [0.4, 0.5) is 0 Å². The van der Waals surface area contributed by atoms with E-state index in [0.717, 1.165) is 41.5 Å². The number of rotatable bonds is 19. The van der Waals surface area contributed by atoms with Crippen molar-refractivity contribution in [2.75, 3.05) is 34.4 Å². The van der Waals surface area contributed by atoms with Gasteiger partial charge in [0.05, 0.1) is 30.8 Å². The van der Waals surface area contributed by atoms with Gasteiger partial charge in [-0.15, -0.1) is 0 Å². The van der Waals surface area contributed by atoms with Gasteiger partial charge in [-0.25, -0.2) is 0 Å². The van der Waals surface area contributed by atoms with Crippen LogP contribution in [0.15, 0.2) is 103 Å². The van der Waals surface area contributed by atoms with Gasteiger partial charge < -0.3 is 51.3 Å². The van der Waals surface area contributed by atoms with Crippen LogP contribution in [0.25, 0.3) is 0 Å². The van der Waals surface area contributed by atoms with Gasteiger partial charge >= 0.3 is 0 Å². The Hall–Kier alpha value is -6.95. The second-order valence-electron chi connectivity index (χ2n) is 23.7. The standard InChI is InChI=1S/C62H83N9O8/c1-38(63-9)54(72)67-52(61(3,4)5)59(77)70-35-45-24-16-15-23-44(45)32-50(70)58(76)69(51(37-79-11)42-21-13-12-14-22-42)34-40-28-30-43(31-29-40)56(74)65-46-33-49(57(75)66-48-27-19-25-41-20-17-18-26-47(41)48)71(36-46)60(78)53(62(6,7)8)68-55(73)39(2)64-10/h12-18,20-24,26,28-31,38-39,46,48-53,63-64H,19,25,27,32-37H2,1-11H3,(H,65,74)(H,66,75)(H,67,72)(H,68,73)/t38?,39?,46-,48+,49-,50?,51-,52?,53?/m0/s1. The summed E-state index contributed by atoms with van der Waals surface area (Å²) in [6.07, 6.45) is 2.95. The van der Waals surface area contributed by atoms with Gasteiger partial charge in [0, 0.05) is 44.8 Å². The van der Waals surface area contributed by atoms with E-state index in [0.29, 0.717) is 11.1 Å².